The van der Waals surface area contributed by atoms with E-state index in [0.717, 1.165) is 0 Å². The predicted octanol–water partition coefficient (Wildman–Crippen LogP) is 4.54. The molecule has 1 atom stereocenters. The average Bonchev–Trinajstić information content (AvgIpc) is 2.33. The van der Waals surface area contributed by atoms with Gasteiger partial charge in [-0.3, -0.25) is 0 Å². The van der Waals surface area contributed by atoms with Crippen molar-refractivity contribution in [2.45, 2.75) is 13.0 Å². The van der Waals surface area contributed by atoms with Crippen LogP contribution in [0.2, 0.25) is 0 Å². The third-order valence-electron chi connectivity index (χ3n) is 2.59. The van der Waals surface area contributed by atoms with Crippen molar-refractivity contribution in [3.05, 3.63) is 58.1 Å². The Balaban J connectivity index is 2.38. The van der Waals surface area contributed by atoms with Crippen LogP contribution in [0.25, 0.3) is 0 Å². The number of halogens is 3. The maximum atomic E-state index is 13.7. The van der Waals surface area contributed by atoms with E-state index >= 15 is 0 Å². The molecule has 0 fully saturated rings. The van der Waals surface area contributed by atoms with Crippen LogP contribution in [-0.4, -0.2) is 0 Å². The minimum Gasteiger partial charge on any atom is -0.457 e. The molecule has 0 bridgehead atoms. The van der Waals surface area contributed by atoms with E-state index in [9.17, 15) is 8.78 Å². The second-order valence-electron chi connectivity index (χ2n) is 4.12. The third kappa shape index (κ3) is 3.11. The molecule has 0 heterocycles. The van der Waals surface area contributed by atoms with Crippen LogP contribution in [0.3, 0.4) is 0 Å². The molecule has 2 aromatic rings. The molecule has 0 radical (unpaired) electrons. The van der Waals surface area contributed by atoms with Crippen LogP contribution >= 0.6 is 15.9 Å². The molecule has 0 aliphatic carbocycles. The van der Waals surface area contributed by atoms with Gasteiger partial charge in [0.1, 0.15) is 23.1 Å². The largest absolute Gasteiger partial charge is 0.457 e. The summed E-state index contributed by atoms with van der Waals surface area (Å²) in [6.07, 6.45) is 0. The van der Waals surface area contributed by atoms with E-state index in [0.29, 0.717) is 17.1 Å². The number of hydrogen-bond acceptors (Lipinski definition) is 2. The Hall–Kier alpha value is -1.46. The SMILES string of the molecule is C[C@@H](N)c1c(F)cccc1Oc1ccc(F)c(Br)c1. The molecule has 5 heteroatoms. The first kappa shape index (κ1) is 14.0. The van der Waals surface area contributed by atoms with Gasteiger partial charge in [-0.15, -0.1) is 0 Å². The van der Waals surface area contributed by atoms with E-state index in [2.05, 4.69) is 15.9 Å². The van der Waals surface area contributed by atoms with E-state index < -0.39 is 11.9 Å². The maximum absolute atomic E-state index is 13.7. The fourth-order valence-corrected chi connectivity index (χ4v) is 2.07. The first-order valence-corrected chi connectivity index (χ1v) is 6.45. The molecule has 2 aromatic carbocycles. The van der Waals surface area contributed by atoms with Crippen LogP contribution in [0.1, 0.15) is 18.5 Å². The molecule has 0 amide bonds. The van der Waals surface area contributed by atoms with Crippen LogP contribution < -0.4 is 10.5 Å². The Bertz CT molecular complexity index is 602. The molecule has 19 heavy (non-hydrogen) atoms. The Morgan fingerprint density at radius 1 is 1.16 bits per heavy atom. The molecule has 100 valence electrons. The summed E-state index contributed by atoms with van der Waals surface area (Å²) in [5, 5.41) is 0. The van der Waals surface area contributed by atoms with Crippen molar-refractivity contribution in [1.29, 1.82) is 0 Å². The van der Waals surface area contributed by atoms with Gasteiger partial charge < -0.3 is 10.5 Å². The summed E-state index contributed by atoms with van der Waals surface area (Å²) in [5.74, 6) is -0.0815. The quantitative estimate of drug-likeness (QED) is 0.898. The smallest absolute Gasteiger partial charge is 0.137 e. The second kappa shape index (κ2) is 5.67. The van der Waals surface area contributed by atoms with Gasteiger partial charge >= 0.3 is 0 Å². The molecular formula is C14H12BrF2NO. The molecule has 0 saturated carbocycles. The van der Waals surface area contributed by atoms with Crippen molar-refractivity contribution < 1.29 is 13.5 Å². The van der Waals surface area contributed by atoms with Gasteiger partial charge in [-0.1, -0.05) is 6.07 Å². The Morgan fingerprint density at radius 2 is 1.89 bits per heavy atom. The minimum atomic E-state index is -0.500. The molecule has 2 nitrogen and oxygen atoms in total. The molecule has 0 saturated heterocycles. The van der Waals surface area contributed by atoms with E-state index in [1.54, 1.807) is 13.0 Å². The number of benzene rings is 2. The maximum Gasteiger partial charge on any atom is 0.137 e. The Morgan fingerprint density at radius 3 is 2.53 bits per heavy atom. The van der Waals surface area contributed by atoms with E-state index in [1.165, 1.54) is 30.3 Å². The summed E-state index contributed by atoms with van der Waals surface area (Å²) in [7, 11) is 0. The molecule has 0 aromatic heterocycles. The summed E-state index contributed by atoms with van der Waals surface area (Å²) in [4.78, 5) is 0. The highest BCUT2D eigenvalue weighted by atomic mass is 79.9. The fraction of sp³-hybridized carbons (Fsp3) is 0.143. The average molecular weight is 328 g/mol. The van der Waals surface area contributed by atoms with Gasteiger partial charge in [-0.25, -0.2) is 8.78 Å². The molecule has 0 unspecified atom stereocenters. The van der Waals surface area contributed by atoms with E-state index in [4.69, 9.17) is 10.5 Å². The monoisotopic (exact) mass is 327 g/mol. The highest BCUT2D eigenvalue weighted by Crippen LogP contribution is 2.32. The summed E-state index contributed by atoms with van der Waals surface area (Å²) >= 11 is 3.07. The molecule has 0 spiro atoms. The van der Waals surface area contributed by atoms with Gasteiger partial charge in [0.15, 0.2) is 0 Å². The van der Waals surface area contributed by atoms with Gasteiger partial charge in [0, 0.05) is 11.6 Å². The van der Waals surface area contributed by atoms with Gasteiger partial charge in [0.2, 0.25) is 0 Å². The van der Waals surface area contributed by atoms with Crippen molar-refractivity contribution in [1.82, 2.24) is 0 Å². The van der Waals surface area contributed by atoms with Crippen LogP contribution in [0.4, 0.5) is 8.78 Å². The lowest BCUT2D eigenvalue weighted by atomic mass is 10.1. The number of hydrogen-bond donors (Lipinski definition) is 1. The molecular weight excluding hydrogens is 316 g/mol. The molecule has 2 N–H and O–H groups in total. The van der Waals surface area contributed by atoms with Gasteiger partial charge in [0.05, 0.1) is 4.47 Å². The lowest BCUT2D eigenvalue weighted by Gasteiger charge is -2.14. The Labute approximate surface area is 118 Å². The molecule has 2 rings (SSSR count). The van der Waals surface area contributed by atoms with Crippen LogP contribution in [0.15, 0.2) is 40.9 Å². The standard InChI is InChI=1S/C14H12BrF2NO/c1-8(18)14-12(17)3-2-4-13(14)19-9-5-6-11(16)10(15)7-9/h2-8H,18H2,1H3/t8-/m1/s1. The van der Waals surface area contributed by atoms with Crippen LogP contribution in [-0.2, 0) is 0 Å². The van der Waals surface area contributed by atoms with Gasteiger partial charge in [0.25, 0.3) is 0 Å². The number of nitrogens with two attached hydrogens (primary N) is 1. The third-order valence-corrected chi connectivity index (χ3v) is 3.19. The van der Waals surface area contributed by atoms with Crippen LogP contribution in [0.5, 0.6) is 11.5 Å². The molecule has 0 aliphatic rings. The highest BCUT2D eigenvalue weighted by Gasteiger charge is 2.14. The first-order valence-electron chi connectivity index (χ1n) is 5.66. The van der Waals surface area contributed by atoms with Gasteiger partial charge in [-0.05, 0) is 53.2 Å². The lowest BCUT2D eigenvalue weighted by molar-refractivity contribution is 0.459. The minimum absolute atomic E-state index is 0.281. The van der Waals surface area contributed by atoms with Crippen molar-refractivity contribution in [3.8, 4) is 11.5 Å². The predicted molar refractivity (Wildman–Crippen MR) is 73.2 cm³/mol. The second-order valence-corrected chi connectivity index (χ2v) is 4.97. The Kier molecular flexibility index (Phi) is 4.17. The summed E-state index contributed by atoms with van der Waals surface area (Å²) in [6, 6.07) is 8.20. The van der Waals surface area contributed by atoms with Crippen molar-refractivity contribution in [2.75, 3.05) is 0 Å². The summed E-state index contributed by atoms with van der Waals surface area (Å²) in [6.45, 7) is 1.67. The normalized spacial score (nSPS) is 12.3. The zero-order valence-corrected chi connectivity index (χ0v) is 11.7. The van der Waals surface area contributed by atoms with E-state index in [-0.39, 0.29) is 10.3 Å². The first-order chi connectivity index (χ1) is 8.99. The van der Waals surface area contributed by atoms with Crippen molar-refractivity contribution >= 4 is 15.9 Å². The highest BCUT2D eigenvalue weighted by molar-refractivity contribution is 9.10. The fourth-order valence-electron chi connectivity index (χ4n) is 1.72. The number of rotatable bonds is 3. The zero-order valence-electron chi connectivity index (χ0n) is 10.2. The van der Waals surface area contributed by atoms with Gasteiger partial charge in [-0.2, -0.15) is 0 Å². The van der Waals surface area contributed by atoms with Crippen molar-refractivity contribution in [3.63, 3.8) is 0 Å². The van der Waals surface area contributed by atoms with E-state index in [1.807, 2.05) is 0 Å². The lowest BCUT2D eigenvalue weighted by Crippen LogP contribution is -2.09. The van der Waals surface area contributed by atoms with Crippen LogP contribution in [0, 0.1) is 11.6 Å². The number of ether oxygens (including phenoxy) is 1. The zero-order chi connectivity index (χ0) is 14.0. The summed E-state index contributed by atoms with van der Waals surface area (Å²) in [5.41, 5.74) is 6.03. The van der Waals surface area contributed by atoms with Crippen molar-refractivity contribution in [2.24, 2.45) is 5.73 Å². The molecule has 0 aliphatic heterocycles. The topological polar surface area (TPSA) is 35.2 Å². The summed E-state index contributed by atoms with van der Waals surface area (Å²) < 4.78 is 32.7.